The highest BCUT2D eigenvalue weighted by Crippen LogP contribution is 2.42. The Morgan fingerprint density at radius 3 is 2.89 bits per heavy atom. The van der Waals surface area contributed by atoms with Gasteiger partial charge in [0.25, 0.3) is 0 Å². The van der Waals surface area contributed by atoms with Crippen molar-refractivity contribution >= 4 is 0 Å². The molecule has 1 aromatic heterocycles. The van der Waals surface area contributed by atoms with E-state index in [0.717, 1.165) is 11.3 Å². The predicted molar refractivity (Wildman–Crippen MR) is 67.4 cm³/mol. The highest BCUT2D eigenvalue weighted by molar-refractivity contribution is 5.38. The third kappa shape index (κ3) is 1.88. The summed E-state index contributed by atoms with van der Waals surface area (Å²) in [4.78, 5) is 0. The molecule has 0 aliphatic carbocycles. The lowest BCUT2D eigenvalue weighted by atomic mass is 9.75. The molecule has 19 heavy (non-hydrogen) atoms. The fourth-order valence-electron chi connectivity index (χ4n) is 2.45. The largest absolute Gasteiger partial charge is 0.492 e. The first kappa shape index (κ1) is 11.8. The molecule has 0 spiro atoms. The minimum absolute atomic E-state index is 0.173. The number of aliphatic hydroxyl groups is 1. The number of fused-ring (bicyclic) bond motifs is 1. The van der Waals surface area contributed by atoms with Crippen molar-refractivity contribution in [3.8, 4) is 11.8 Å². The van der Waals surface area contributed by atoms with Crippen molar-refractivity contribution in [2.75, 3.05) is 6.61 Å². The van der Waals surface area contributed by atoms with Crippen molar-refractivity contribution in [2.45, 2.75) is 12.5 Å². The number of nitriles is 1. The van der Waals surface area contributed by atoms with E-state index >= 15 is 0 Å². The molecule has 2 heterocycles. The summed E-state index contributed by atoms with van der Waals surface area (Å²) in [6.07, 6.45) is 2.49. The van der Waals surface area contributed by atoms with Crippen LogP contribution in [0.3, 0.4) is 0 Å². The Labute approximate surface area is 110 Å². The molecular formula is C15H13NO3. The summed E-state index contributed by atoms with van der Waals surface area (Å²) in [5, 5.41) is 20.0. The Bertz CT molecular complexity index is 615. The van der Waals surface area contributed by atoms with Crippen LogP contribution in [0.25, 0.3) is 0 Å². The maximum absolute atomic E-state index is 10.4. The zero-order chi connectivity index (χ0) is 13.3. The van der Waals surface area contributed by atoms with Crippen LogP contribution < -0.4 is 4.74 Å². The Hall–Kier alpha value is -2.25. The van der Waals surface area contributed by atoms with Crippen LogP contribution in [0.1, 0.15) is 17.2 Å². The average molecular weight is 255 g/mol. The van der Waals surface area contributed by atoms with Crippen LogP contribution in [-0.2, 0) is 6.42 Å². The third-order valence-electron chi connectivity index (χ3n) is 3.57. The molecule has 0 fully saturated rings. The predicted octanol–water partition coefficient (Wildman–Crippen LogP) is 2.46. The molecule has 0 saturated heterocycles. The minimum atomic E-state index is -0.974. The standard InChI is InChI=1S/C15H13NO3/c16-9-15(14(17)12-5-6-18-8-12)7-11-3-1-2-4-13(11)19-10-15/h1-6,8,14,17H,7,10H2. The first-order valence-electron chi connectivity index (χ1n) is 6.07. The summed E-state index contributed by atoms with van der Waals surface area (Å²) in [6.45, 7) is 0.173. The van der Waals surface area contributed by atoms with Gasteiger partial charge in [0.2, 0.25) is 0 Å². The van der Waals surface area contributed by atoms with Gasteiger partial charge < -0.3 is 14.3 Å². The van der Waals surface area contributed by atoms with Gasteiger partial charge in [-0.25, -0.2) is 0 Å². The number of benzene rings is 1. The maximum atomic E-state index is 10.4. The number of rotatable bonds is 2. The molecule has 2 atom stereocenters. The second-order valence-electron chi connectivity index (χ2n) is 4.80. The van der Waals surface area contributed by atoms with Gasteiger partial charge in [-0.3, -0.25) is 0 Å². The normalized spacial score (nSPS) is 22.9. The topological polar surface area (TPSA) is 66.4 Å². The van der Waals surface area contributed by atoms with Gasteiger partial charge in [0, 0.05) is 12.0 Å². The van der Waals surface area contributed by atoms with E-state index in [2.05, 4.69) is 6.07 Å². The molecule has 0 amide bonds. The van der Waals surface area contributed by atoms with Crippen LogP contribution in [0.4, 0.5) is 0 Å². The van der Waals surface area contributed by atoms with Crippen LogP contribution in [0.2, 0.25) is 0 Å². The Morgan fingerprint density at radius 1 is 1.32 bits per heavy atom. The van der Waals surface area contributed by atoms with Crippen molar-refractivity contribution in [3.05, 3.63) is 54.0 Å². The lowest BCUT2D eigenvalue weighted by Crippen LogP contribution is -2.39. The Morgan fingerprint density at radius 2 is 2.16 bits per heavy atom. The second-order valence-corrected chi connectivity index (χ2v) is 4.80. The number of furan rings is 1. The summed E-state index contributed by atoms with van der Waals surface area (Å²) >= 11 is 0. The van der Waals surface area contributed by atoms with E-state index in [1.807, 2.05) is 24.3 Å². The van der Waals surface area contributed by atoms with Gasteiger partial charge in [-0.1, -0.05) is 18.2 Å². The summed E-state index contributed by atoms with van der Waals surface area (Å²) in [5.41, 5.74) is 0.570. The van der Waals surface area contributed by atoms with E-state index in [-0.39, 0.29) is 6.61 Å². The monoisotopic (exact) mass is 255 g/mol. The Balaban J connectivity index is 1.97. The maximum Gasteiger partial charge on any atom is 0.125 e. The van der Waals surface area contributed by atoms with Crippen LogP contribution >= 0.6 is 0 Å². The molecule has 1 N–H and O–H groups in total. The van der Waals surface area contributed by atoms with Gasteiger partial charge in [-0.05, 0) is 17.7 Å². The first-order chi connectivity index (χ1) is 9.25. The second kappa shape index (κ2) is 4.45. The van der Waals surface area contributed by atoms with E-state index < -0.39 is 11.5 Å². The fourth-order valence-corrected chi connectivity index (χ4v) is 2.45. The molecular weight excluding hydrogens is 242 g/mol. The molecule has 1 aromatic carbocycles. The zero-order valence-electron chi connectivity index (χ0n) is 10.2. The molecule has 0 saturated carbocycles. The van der Waals surface area contributed by atoms with Crippen molar-refractivity contribution in [1.82, 2.24) is 0 Å². The van der Waals surface area contributed by atoms with Crippen molar-refractivity contribution in [2.24, 2.45) is 5.41 Å². The number of nitrogens with zero attached hydrogens (tertiary/aromatic N) is 1. The Kier molecular flexibility index (Phi) is 2.77. The van der Waals surface area contributed by atoms with Gasteiger partial charge in [0.15, 0.2) is 0 Å². The van der Waals surface area contributed by atoms with Gasteiger partial charge in [-0.15, -0.1) is 0 Å². The number of hydrogen-bond acceptors (Lipinski definition) is 4. The highest BCUT2D eigenvalue weighted by atomic mass is 16.5. The molecule has 4 nitrogen and oxygen atoms in total. The number of ether oxygens (including phenoxy) is 1. The van der Waals surface area contributed by atoms with Crippen molar-refractivity contribution in [1.29, 1.82) is 5.26 Å². The molecule has 1 aliphatic rings. The molecule has 2 unspecified atom stereocenters. The highest BCUT2D eigenvalue weighted by Gasteiger charge is 2.44. The zero-order valence-corrected chi connectivity index (χ0v) is 10.2. The number of hydrogen-bond donors (Lipinski definition) is 1. The molecule has 3 rings (SSSR count). The molecule has 96 valence electrons. The summed E-state index contributed by atoms with van der Waals surface area (Å²) < 4.78 is 10.6. The molecule has 0 radical (unpaired) electrons. The van der Waals surface area contributed by atoms with Gasteiger partial charge >= 0.3 is 0 Å². The van der Waals surface area contributed by atoms with Crippen molar-refractivity contribution < 1.29 is 14.3 Å². The van der Waals surface area contributed by atoms with Crippen LogP contribution in [-0.4, -0.2) is 11.7 Å². The van der Waals surface area contributed by atoms with E-state index in [4.69, 9.17) is 9.15 Å². The minimum Gasteiger partial charge on any atom is -0.492 e. The van der Waals surface area contributed by atoms with E-state index in [1.165, 1.54) is 12.5 Å². The molecule has 0 bridgehead atoms. The smallest absolute Gasteiger partial charge is 0.125 e. The molecule has 4 heteroatoms. The van der Waals surface area contributed by atoms with Gasteiger partial charge in [-0.2, -0.15) is 5.26 Å². The van der Waals surface area contributed by atoms with Crippen LogP contribution in [0.15, 0.2) is 47.3 Å². The lowest BCUT2D eigenvalue weighted by Gasteiger charge is -2.35. The van der Waals surface area contributed by atoms with Gasteiger partial charge in [0.05, 0.1) is 18.6 Å². The molecule has 1 aliphatic heterocycles. The average Bonchev–Trinajstić information content (AvgIpc) is 3.00. The van der Waals surface area contributed by atoms with Crippen LogP contribution in [0.5, 0.6) is 5.75 Å². The quantitative estimate of drug-likeness (QED) is 0.895. The van der Waals surface area contributed by atoms with E-state index in [1.54, 1.807) is 6.07 Å². The third-order valence-corrected chi connectivity index (χ3v) is 3.57. The van der Waals surface area contributed by atoms with E-state index in [0.29, 0.717) is 12.0 Å². The van der Waals surface area contributed by atoms with Crippen LogP contribution in [0, 0.1) is 16.7 Å². The van der Waals surface area contributed by atoms with Crippen molar-refractivity contribution in [3.63, 3.8) is 0 Å². The SMILES string of the molecule is N#CC1(C(O)c2ccoc2)COc2ccccc2C1. The number of para-hydroxylation sites is 1. The summed E-state index contributed by atoms with van der Waals surface area (Å²) in [5.74, 6) is 0.785. The lowest BCUT2D eigenvalue weighted by molar-refractivity contribution is 0.0168. The molecule has 2 aromatic rings. The fraction of sp³-hybridized carbons (Fsp3) is 0.267. The summed E-state index contributed by atoms with van der Waals surface area (Å²) in [7, 11) is 0. The summed E-state index contributed by atoms with van der Waals surface area (Å²) in [6, 6.07) is 11.5. The number of aliphatic hydroxyl groups excluding tert-OH is 1. The van der Waals surface area contributed by atoms with Gasteiger partial charge in [0.1, 0.15) is 23.9 Å². The van der Waals surface area contributed by atoms with E-state index in [9.17, 15) is 10.4 Å². The first-order valence-corrected chi connectivity index (χ1v) is 6.07.